The fourth-order valence-corrected chi connectivity index (χ4v) is 2.14. The fraction of sp³-hybridized carbons (Fsp3) is 0.444. The molecule has 0 radical (unpaired) electrons. The number of sulfonamides is 1. The summed E-state index contributed by atoms with van der Waals surface area (Å²) < 4.78 is 22.0. The van der Waals surface area contributed by atoms with Crippen molar-refractivity contribution in [2.24, 2.45) is 5.14 Å². The van der Waals surface area contributed by atoms with Crippen molar-refractivity contribution in [2.75, 3.05) is 18.0 Å². The number of aliphatic hydroxyl groups excluding tert-OH is 1. The molecule has 1 aliphatic heterocycles. The second kappa shape index (κ2) is 4.00. The number of primary sulfonamides is 1. The lowest BCUT2D eigenvalue weighted by Crippen LogP contribution is -2.22. The Hall–Kier alpha value is -1.18. The number of anilines is 1. The van der Waals surface area contributed by atoms with E-state index in [0.29, 0.717) is 18.8 Å². The largest absolute Gasteiger partial charge is 0.391 e. The molecule has 1 fully saturated rings. The van der Waals surface area contributed by atoms with Crippen LogP contribution in [0.3, 0.4) is 0 Å². The number of hydrogen-bond donors (Lipinski definition) is 2. The van der Waals surface area contributed by atoms with Crippen LogP contribution in [0.1, 0.15) is 6.42 Å². The van der Waals surface area contributed by atoms with Gasteiger partial charge in [0.25, 0.3) is 0 Å². The van der Waals surface area contributed by atoms with Crippen molar-refractivity contribution < 1.29 is 13.5 Å². The average Bonchev–Trinajstić information content (AvgIpc) is 2.64. The van der Waals surface area contributed by atoms with Crippen molar-refractivity contribution in [3.8, 4) is 0 Å². The molecule has 1 aromatic heterocycles. The molecular weight excluding hydrogens is 230 g/mol. The summed E-state index contributed by atoms with van der Waals surface area (Å²) in [5.74, 6) is 0.656. The average molecular weight is 243 g/mol. The molecule has 0 aliphatic carbocycles. The topological polar surface area (TPSA) is 96.5 Å². The minimum absolute atomic E-state index is 0.00371. The Morgan fingerprint density at radius 3 is 2.69 bits per heavy atom. The van der Waals surface area contributed by atoms with Crippen molar-refractivity contribution in [1.29, 1.82) is 0 Å². The van der Waals surface area contributed by atoms with E-state index in [0.717, 1.165) is 6.54 Å². The zero-order chi connectivity index (χ0) is 11.8. The van der Waals surface area contributed by atoms with Crippen LogP contribution < -0.4 is 10.0 Å². The van der Waals surface area contributed by atoms with Gasteiger partial charge >= 0.3 is 0 Å². The predicted molar refractivity (Wildman–Crippen MR) is 58.4 cm³/mol. The van der Waals surface area contributed by atoms with E-state index in [9.17, 15) is 13.5 Å². The van der Waals surface area contributed by atoms with Gasteiger partial charge < -0.3 is 10.0 Å². The molecule has 1 aromatic rings. The van der Waals surface area contributed by atoms with Crippen LogP contribution in [0.15, 0.2) is 23.2 Å². The summed E-state index contributed by atoms with van der Waals surface area (Å²) >= 11 is 0. The van der Waals surface area contributed by atoms with Crippen molar-refractivity contribution in [1.82, 2.24) is 4.98 Å². The molecule has 0 aromatic carbocycles. The molecule has 6 nitrogen and oxygen atoms in total. The fourth-order valence-electron chi connectivity index (χ4n) is 1.68. The van der Waals surface area contributed by atoms with Gasteiger partial charge in [-0.3, -0.25) is 0 Å². The molecule has 88 valence electrons. The van der Waals surface area contributed by atoms with Crippen LogP contribution in [0.4, 0.5) is 5.82 Å². The smallest absolute Gasteiger partial charge is 0.239 e. The molecular formula is C9H13N3O3S. The van der Waals surface area contributed by atoms with E-state index in [1.54, 1.807) is 6.07 Å². The molecule has 0 amide bonds. The first-order valence-corrected chi connectivity index (χ1v) is 6.43. The number of nitrogens with zero attached hydrogens (tertiary/aromatic N) is 2. The van der Waals surface area contributed by atoms with Gasteiger partial charge in [-0.15, -0.1) is 0 Å². The number of aliphatic hydroxyl groups is 1. The molecule has 7 heteroatoms. The number of hydrogen-bond acceptors (Lipinski definition) is 5. The Labute approximate surface area is 93.8 Å². The highest BCUT2D eigenvalue weighted by Gasteiger charge is 2.21. The number of pyridine rings is 1. The van der Waals surface area contributed by atoms with Gasteiger partial charge in [-0.2, -0.15) is 0 Å². The Morgan fingerprint density at radius 1 is 1.50 bits per heavy atom. The molecule has 1 saturated heterocycles. The van der Waals surface area contributed by atoms with Crippen molar-refractivity contribution in [2.45, 2.75) is 17.4 Å². The highest BCUT2D eigenvalue weighted by molar-refractivity contribution is 7.89. The van der Waals surface area contributed by atoms with Crippen molar-refractivity contribution in [3.05, 3.63) is 18.3 Å². The van der Waals surface area contributed by atoms with E-state index in [-0.39, 0.29) is 11.0 Å². The maximum atomic E-state index is 11.0. The van der Waals surface area contributed by atoms with Crippen LogP contribution in [0.5, 0.6) is 0 Å². The molecule has 0 spiro atoms. The normalized spacial score (nSPS) is 21.4. The lowest BCUT2D eigenvalue weighted by Gasteiger charge is -2.16. The quantitative estimate of drug-likeness (QED) is 0.716. The third kappa shape index (κ3) is 2.31. The summed E-state index contributed by atoms with van der Waals surface area (Å²) in [6.45, 7) is 1.25. The molecule has 16 heavy (non-hydrogen) atoms. The van der Waals surface area contributed by atoms with E-state index in [1.807, 2.05) is 4.90 Å². The standard InChI is InChI=1S/C9H13N3O3S/c10-16(14,15)8-1-2-9(11-5-8)12-4-3-7(13)6-12/h1-2,5,7,13H,3-4,6H2,(H2,10,14,15). The third-order valence-corrected chi connectivity index (χ3v) is 3.44. The third-order valence-electron chi connectivity index (χ3n) is 2.54. The summed E-state index contributed by atoms with van der Waals surface area (Å²) in [5.41, 5.74) is 0. The Kier molecular flexibility index (Phi) is 2.83. The second-order valence-corrected chi connectivity index (χ2v) is 5.35. The summed E-state index contributed by atoms with van der Waals surface area (Å²) in [5, 5.41) is 14.3. The van der Waals surface area contributed by atoms with Gasteiger partial charge in [0.15, 0.2) is 0 Å². The Balaban J connectivity index is 2.20. The molecule has 2 heterocycles. The van der Waals surface area contributed by atoms with Crippen LogP contribution >= 0.6 is 0 Å². The summed E-state index contributed by atoms with van der Waals surface area (Å²) in [6, 6.07) is 3.01. The monoisotopic (exact) mass is 243 g/mol. The van der Waals surface area contributed by atoms with Crippen LogP contribution in [0.25, 0.3) is 0 Å². The highest BCUT2D eigenvalue weighted by Crippen LogP contribution is 2.18. The number of β-amino-alcohol motifs (C(OH)–C–C–N with tert-alkyl or cyclic N) is 1. The Bertz CT molecular complexity index is 471. The van der Waals surface area contributed by atoms with Gasteiger partial charge in [-0.1, -0.05) is 0 Å². The SMILES string of the molecule is NS(=O)(=O)c1ccc(N2CCC(O)C2)nc1. The van der Waals surface area contributed by atoms with Gasteiger partial charge in [-0.25, -0.2) is 18.5 Å². The first-order valence-electron chi connectivity index (χ1n) is 4.89. The zero-order valence-electron chi connectivity index (χ0n) is 8.57. The van der Waals surface area contributed by atoms with E-state index in [2.05, 4.69) is 4.98 Å². The first kappa shape index (κ1) is 11.3. The lowest BCUT2D eigenvalue weighted by molar-refractivity contribution is 0.198. The molecule has 0 saturated carbocycles. The highest BCUT2D eigenvalue weighted by atomic mass is 32.2. The number of aromatic nitrogens is 1. The molecule has 0 bridgehead atoms. The molecule has 1 atom stereocenters. The van der Waals surface area contributed by atoms with E-state index in [1.165, 1.54) is 12.3 Å². The molecule has 3 N–H and O–H groups in total. The minimum Gasteiger partial charge on any atom is -0.391 e. The molecule has 1 aliphatic rings. The van der Waals surface area contributed by atoms with Gasteiger partial charge in [0.1, 0.15) is 10.7 Å². The molecule has 1 unspecified atom stereocenters. The maximum absolute atomic E-state index is 11.0. The minimum atomic E-state index is -3.68. The van der Waals surface area contributed by atoms with Gasteiger partial charge in [0.05, 0.1) is 6.10 Å². The van der Waals surface area contributed by atoms with Crippen molar-refractivity contribution >= 4 is 15.8 Å². The number of rotatable bonds is 2. The van der Waals surface area contributed by atoms with E-state index >= 15 is 0 Å². The van der Waals surface area contributed by atoms with E-state index in [4.69, 9.17) is 5.14 Å². The van der Waals surface area contributed by atoms with Crippen molar-refractivity contribution in [3.63, 3.8) is 0 Å². The summed E-state index contributed by atoms with van der Waals surface area (Å²) in [4.78, 5) is 5.91. The maximum Gasteiger partial charge on any atom is 0.239 e. The van der Waals surface area contributed by atoms with E-state index < -0.39 is 10.0 Å². The van der Waals surface area contributed by atoms with Gasteiger partial charge in [0.2, 0.25) is 10.0 Å². The second-order valence-electron chi connectivity index (χ2n) is 3.79. The summed E-state index contributed by atoms with van der Waals surface area (Å²) in [7, 11) is -3.68. The van der Waals surface area contributed by atoms with Crippen LogP contribution in [-0.4, -0.2) is 37.7 Å². The predicted octanol–water partition coefficient (Wildman–Crippen LogP) is -0.700. The number of nitrogens with two attached hydrogens (primary N) is 1. The van der Waals surface area contributed by atoms with Gasteiger partial charge in [0, 0.05) is 19.3 Å². The summed E-state index contributed by atoms with van der Waals surface area (Å²) in [6.07, 6.45) is 1.60. The van der Waals surface area contributed by atoms with Crippen LogP contribution in [0.2, 0.25) is 0 Å². The zero-order valence-corrected chi connectivity index (χ0v) is 9.39. The first-order chi connectivity index (χ1) is 7.47. The lowest BCUT2D eigenvalue weighted by atomic mass is 10.3. The van der Waals surface area contributed by atoms with Gasteiger partial charge in [-0.05, 0) is 18.6 Å². The Morgan fingerprint density at radius 2 is 2.25 bits per heavy atom. The van der Waals surface area contributed by atoms with Crippen LogP contribution in [0, 0.1) is 0 Å². The van der Waals surface area contributed by atoms with Crippen LogP contribution in [-0.2, 0) is 10.0 Å². The molecule has 2 rings (SSSR count).